The van der Waals surface area contributed by atoms with Crippen LogP contribution in [0, 0.1) is 0 Å². The lowest BCUT2D eigenvalue weighted by Gasteiger charge is -2.35. The molecule has 1 N–H and O–H groups in total. The molecule has 22 heavy (non-hydrogen) atoms. The van der Waals surface area contributed by atoms with E-state index in [1.54, 1.807) is 12.4 Å². The van der Waals surface area contributed by atoms with Crippen LogP contribution in [0.25, 0.3) is 11.2 Å². The van der Waals surface area contributed by atoms with Gasteiger partial charge in [0.2, 0.25) is 0 Å². The maximum absolute atomic E-state index is 5.49. The predicted octanol–water partition coefficient (Wildman–Crippen LogP) is 1.69. The molecule has 2 aromatic heterocycles. The van der Waals surface area contributed by atoms with Crippen LogP contribution in [-0.2, 0) is 4.74 Å². The number of rotatable bonds is 3. The summed E-state index contributed by atoms with van der Waals surface area (Å²) in [6.45, 7) is 4.10. The van der Waals surface area contributed by atoms with Crippen molar-refractivity contribution in [3.63, 3.8) is 0 Å². The van der Waals surface area contributed by atoms with Gasteiger partial charge in [0.25, 0.3) is 0 Å². The summed E-state index contributed by atoms with van der Waals surface area (Å²) in [5, 5.41) is 3.55. The van der Waals surface area contributed by atoms with Crippen molar-refractivity contribution in [3.8, 4) is 0 Å². The topological polar surface area (TPSA) is 63.2 Å². The summed E-state index contributed by atoms with van der Waals surface area (Å²) in [4.78, 5) is 15.6. The Bertz CT molecular complexity index is 635. The average molecular weight is 299 g/mol. The Morgan fingerprint density at radius 2 is 1.95 bits per heavy atom. The number of piperidine rings is 1. The van der Waals surface area contributed by atoms with Crippen molar-refractivity contribution in [2.75, 3.05) is 31.6 Å². The Morgan fingerprint density at radius 3 is 2.77 bits per heavy atom. The third kappa shape index (κ3) is 2.89. The third-order valence-corrected chi connectivity index (χ3v) is 4.64. The fraction of sp³-hybridized carbons (Fsp3) is 0.562. The van der Waals surface area contributed by atoms with Gasteiger partial charge in [-0.05, 0) is 31.4 Å². The van der Waals surface area contributed by atoms with Crippen molar-refractivity contribution < 1.29 is 4.74 Å². The normalized spacial score (nSPS) is 23.9. The number of aromatic nitrogens is 3. The molecular weight excluding hydrogens is 278 g/mol. The Kier molecular flexibility index (Phi) is 3.86. The number of hydrogen-bond acceptors (Lipinski definition) is 6. The molecule has 6 heteroatoms. The summed E-state index contributed by atoms with van der Waals surface area (Å²) in [6, 6.07) is 5.09. The van der Waals surface area contributed by atoms with Crippen LogP contribution in [0.2, 0.25) is 0 Å². The van der Waals surface area contributed by atoms with Crippen LogP contribution in [0.4, 0.5) is 5.82 Å². The Balaban J connectivity index is 1.37. The molecule has 116 valence electrons. The highest BCUT2D eigenvalue weighted by atomic mass is 16.5. The van der Waals surface area contributed by atoms with Gasteiger partial charge in [0.05, 0.1) is 6.61 Å². The monoisotopic (exact) mass is 299 g/mol. The lowest BCUT2D eigenvalue weighted by atomic mass is 10.0. The van der Waals surface area contributed by atoms with E-state index < -0.39 is 0 Å². The maximum Gasteiger partial charge on any atom is 0.180 e. The van der Waals surface area contributed by atoms with Crippen molar-refractivity contribution in [1.82, 2.24) is 19.9 Å². The van der Waals surface area contributed by atoms with Gasteiger partial charge >= 0.3 is 0 Å². The van der Waals surface area contributed by atoms with Gasteiger partial charge in [-0.25, -0.2) is 9.97 Å². The molecule has 2 aliphatic heterocycles. The minimum Gasteiger partial charge on any atom is -0.380 e. The molecule has 0 amide bonds. The molecule has 2 aromatic rings. The van der Waals surface area contributed by atoms with Crippen LogP contribution in [0.5, 0.6) is 0 Å². The van der Waals surface area contributed by atoms with Crippen LogP contribution in [0.15, 0.2) is 24.5 Å². The van der Waals surface area contributed by atoms with E-state index in [1.165, 1.54) is 6.42 Å². The zero-order chi connectivity index (χ0) is 14.8. The maximum atomic E-state index is 5.49. The van der Waals surface area contributed by atoms with E-state index in [1.807, 2.05) is 12.1 Å². The lowest BCUT2D eigenvalue weighted by Crippen LogP contribution is -2.44. The molecule has 2 saturated heterocycles. The number of nitrogens with zero attached hydrogens (tertiary/aromatic N) is 4. The second kappa shape index (κ2) is 6.14. The van der Waals surface area contributed by atoms with Gasteiger partial charge in [-0.1, -0.05) is 0 Å². The lowest BCUT2D eigenvalue weighted by molar-refractivity contribution is 0.124. The first-order valence-electron chi connectivity index (χ1n) is 8.04. The van der Waals surface area contributed by atoms with Crippen LogP contribution in [-0.4, -0.2) is 58.2 Å². The van der Waals surface area contributed by atoms with Gasteiger partial charge < -0.3 is 10.1 Å². The first kappa shape index (κ1) is 13.8. The molecule has 0 bridgehead atoms. The van der Waals surface area contributed by atoms with Gasteiger partial charge in [0.15, 0.2) is 5.65 Å². The quantitative estimate of drug-likeness (QED) is 0.930. The summed E-state index contributed by atoms with van der Waals surface area (Å²) in [6.07, 6.45) is 6.86. The molecule has 0 aromatic carbocycles. The van der Waals surface area contributed by atoms with Gasteiger partial charge in [-0.2, -0.15) is 0 Å². The molecule has 2 fully saturated rings. The van der Waals surface area contributed by atoms with E-state index in [0.717, 1.165) is 50.5 Å². The third-order valence-electron chi connectivity index (χ3n) is 4.64. The molecule has 6 nitrogen and oxygen atoms in total. The fourth-order valence-electron chi connectivity index (χ4n) is 3.36. The van der Waals surface area contributed by atoms with E-state index in [2.05, 4.69) is 25.2 Å². The number of anilines is 1. The van der Waals surface area contributed by atoms with Gasteiger partial charge in [0.1, 0.15) is 11.3 Å². The van der Waals surface area contributed by atoms with E-state index in [4.69, 9.17) is 4.74 Å². The minimum absolute atomic E-state index is 0.486. The first-order valence-corrected chi connectivity index (χ1v) is 8.04. The number of pyridine rings is 1. The van der Waals surface area contributed by atoms with Crippen molar-refractivity contribution in [1.29, 1.82) is 0 Å². The van der Waals surface area contributed by atoms with Gasteiger partial charge in [-0.3, -0.25) is 9.88 Å². The van der Waals surface area contributed by atoms with Crippen LogP contribution >= 0.6 is 0 Å². The van der Waals surface area contributed by atoms with Gasteiger partial charge in [0, 0.05) is 44.2 Å². The molecule has 0 radical (unpaired) electrons. The Morgan fingerprint density at radius 1 is 1.09 bits per heavy atom. The molecule has 0 aliphatic carbocycles. The molecular formula is C16H21N5O. The highest BCUT2D eigenvalue weighted by Crippen LogP contribution is 2.21. The predicted molar refractivity (Wildman–Crippen MR) is 84.8 cm³/mol. The van der Waals surface area contributed by atoms with Crippen molar-refractivity contribution in [2.45, 2.75) is 31.3 Å². The largest absolute Gasteiger partial charge is 0.380 e. The standard InChI is InChI=1S/C16H21N5O/c1-2-15(20-16-14(1)17-6-7-18-16)19-12-3-8-21(9-4-12)13-5-10-22-11-13/h1-2,6-7,12-13H,3-5,8-11H2,(H,18,19,20)/t13-/m0/s1. The highest BCUT2D eigenvalue weighted by Gasteiger charge is 2.27. The zero-order valence-corrected chi connectivity index (χ0v) is 12.6. The molecule has 4 heterocycles. The first-order chi connectivity index (χ1) is 10.9. The van der Waals surface area contributed by atoms with E-state index in [0.29, 0.717) is 17.7 Å². The number of fused-ring (bicyclic) bond motifs is 1. The Labute approximate surface area is 129 Å². The molecule has 2 aliphatic rings. The van der Waals surface area contributed by atoms with Crippen LogP contribution in [0.1, 0.15) is 19.3 Å². The van der Waals surface area contributed by atoms with Crippen LogP contribution in [0.3, 0.4) is 0 Å². The van der Waals surface area contributed by atoms with E-state index in [-0.39, 0.29) is 0 Å². The Hall–Kier alpha value is -1.79. The number of likely N-dealkylation sites (tertiary alicyclic amines) is 1. The molecule has 0 spiro atoms. The summed E-state index contributed by atoms with van der Waals surface area (Å²) in [7, 11) is 0. The van der Waals surface area contributed by atoms with Crippen molar-refractivity contribution in [2.24, 2.45) is 0 Å². The second-order valence-corrected chi connectivity index (χ2v) is 6.07. The van der Waals surface area contributed by atoms with Crippen molar-refractivity contribution in [3.05, 3.63) is 24.5 Å². The zero-order valence-electron chi connectivity index (χ0n) is 12.6. The number of hydrogen-bond donors (Lipinski definition) is 1. The summed E-state index contributed by atoms with van der Waals surface area (Å²) >= 11 is 0. The second-order valence-electron chi connectivity index (χ2n) is 6.07. The van der Waals surface area contributed by atoms with Gasteiger partial charge in [-0.15, -0.1) is 0 Å². The molecule has 0 saturated carbocycles. The van der Waals surface area contributed by atoms with Crippen molar-refractivity contribution >= 4 is 17.0 Å². The number of ether oxygens (including phenoxy) is 1. The molecule has 1 atom stereocenters. The molecule has 4 rings (SSSR count). The summed E-state index contributed by atoms with van der Waals surface area (Å²) in [5.41, 5.74) is 1.54. The van der Waals surface area contributed by atoms with Crippen LogP contribution < -0.4 is 5.32 Å². The average Bonchev–Trinajstić information content (AvgIpc) is 3.10. The molecule has 0 unspecified atom stereocenters. The van der Waals surface area contributed by atoms with E-state index >= 15 is 0 Å². The SMILES string of the molecule is c1cnc2nc(NC3CCN([C@H]4CCOC4)CC3)ccc2n1. The smallest absolute Gasteiger partial charge is 0.180 e. The fourth-order valence-corrected chi connectivity index (χ4v) is 3.36. The van der Waals surface area contributed by atoms with E-state index in [9.17, 15) is 0 Å². The minimum atomic E-state index is 0.486. The highest BCUT2D eigenvalue weighted by molar-refractivity contribution is 5.71. The summed E-state index contributed by atoms with van der Waals surface area (Å²) in [5.74, 6) is 0.899. The summed E-state index contributed by atoms with van der Waals surface area (Å²) < 4.78 is 5.49. The number of nitrogens with one attached hydrogen (secondary N) is 1.